The number of aliphatic imine (C=N–C) groups is 1. The maximum Gasteiger partial charge on any atom is 0.191 e. The quantitative estimate of drug-likeness (QED) is 0.310. The van der Waals surface area contributed by atoms with Crippen LogP contribution in [0, 0.1) is 0 Å². The molecular weight excluding hydrogens is 473 g/mol. The number of halogens is 1. The Morgan fingerprint density at radius 2 is 2.07 bits per heavy atom. The van der Waals surface area contributed by atoms with Gasteiger partial charge in [0.2, 0.25) is 0 Å². The molecule has 9 heteroatoms. The van der Waals surface area contributed by atoms with Gasteiger partial charge in [-0.2, -0.15) is 5.10 Å². The van der Waals surface area contributed by atoms with E-state index in [1.807, 2.05) is 24.4 Å². The van der Waals surface area contributed by atoms with Crippen LogP contribution >= 0.6 is 35.3 Å². The van der Waals surface area contributed by atoms with Crippen molar-refractivity contribution in [3.8, 4) is 5.82 Å². The first kappa shape index (κ1) is 21.3. The Hall–Kier alpha value is -2.01. The van der Waals surface area contributed by atoms with Gasteiger partial charge in [0.25, 0.3) is 0 Å². The zero-order chi connectivity index (χ0) is 18.4. The first-order valence-electron chi connectivity index (χ1n) is 8.49. The highest BCUT2D eigenvalue weighted by atomic mass is 127. The van der Waals surface area contributed by atoms with E-state index in [0.717, 1.165) is 28.0 Å². The van der Waals surface area contributed by atoms with Crippen molar-refractivity contribution in [1.82, 2.24) is 30.4 Å². The molecule has 3 aromatic heterocycles. The Morgan fingerprint density at radius 1 is 1.26 bits per heavy atom. The van der Waals surface area contributed by atoms with Crippen molar-refractivity contribution in [2.24, 2.45) is 4.99 Å². The molecular formula is C18H24IN7S. The number of thiazole rings is 1. The number of guanidine groups is 1. The molecule has 0 spiro atoms. The molecule has 0 saturated carbocycles. The Balaban J connectivity index is 0.00000261. The van der Waals surface area contributed by atoms with Crippen molar-refractivity contribution in [2.75, 3.05) is 7.05 Å². The van der Waals surface area contributed by atoms with E-state index in [4.69, 9.17) is 0 Å². The van der Waals surface area contributed by atoms with Gasteiger partial charge in [0, 0.05) is 37.6 Å². The van der Waals surface area contributed by atoms with Crippen LogP contribution in [-0.4, -0.2) is 32.8 Å². The first-order valence-corrected chi connectivity index (χ1v) is 9.37. The van der Waals surface area contributed by atoms with Crippen molar-refractivity contribution in [3.63, 3.8) is 0 Å². The Kier molecular flexibility index (Phi) is 8.17. The monoisotopic (exact) mass is 497 g/mol. The third kappa shape index (κ3) is 5.99. The lowest BCUT2D eigenvalue weighted by molar-refractivity contribution is 0.782. The fourth-order valence-electron chi connectivity index (χ4n) is 2.34. The van der Waals surface area contributed by atoms with Crippen LogP contribution in [0.25, 0.3) is 5.82 Å². The molecule has 144 valence electrons. The molecule has 0 fully saturated rings. The SMILES string of the molecule is CN=C(NCc1ccnc(-n2cccn2)c1)NCc1nc(C(C)C)cs1.I. The molecule has 3 heterocycles. The van der Waals surface area contributed by atoms with Crippen LogP contribution in [0.4, 0.5) is 0 Å². The summed E-state index contributed by atoms with van der Waals surface area (Å²) < 4.78 is 1.74. The van der Waals surface area contributed by atoms with E-state index in [0.29, 0.717) is 19.0 Å². The van der Waals surface area contributed by atoms with E-state index < -0.39 is 0 Å². The highest BCUT2D eigenvalue weighted by Gasteiger charge is 2.07. The van der Waals surface area contributed by atoms with E-state index >= 15 is 0 Å². The van der Waals surface area contributed by atoms with Crippen molar-refractivity contribution < 1.29 is 0 Å². The summed E-state index contributed by atoms with van der Waals surface area (Å²) in [5, 5.41) is 14.0. The summed E-state index contributed by atoms with van der Waals surface area (Å²) >= 11 is 1.67. The van der Waals surface area contributed by atoms with E-state index in [1.165, 1.54) is 0 Å². The number of aromatic nitrogens is 4. The third-order valence-corrected chi connectivity index (χ3v) is 4.67. The van der Waals surface area contributed by atoms with Gasteiger partial charge in [-0.3, -0.25) is 4.99 Å². The standard InChI is InChI=1S/C18H23N7S.HI/c1-13(2)15-12-26-17(24-15)11-22-18(19-3)21-10-14-5-7-20-16(9-14)25-8-4-6-23-25;/h4-9,12-13H,10-11H2,1-3H3,(H2,19,21,22);1H. The average molecular weight is 497 g/mol. The number of nitrogens with one attached hydrogen (secondary N) is 2. The second-order valence-electron chi connectivity index (χ2n) is 6.07. The van der Waals surface area contributed by atoms with Crippen molar-refractivity contribution >= 4 is 41.3 Å². The van der Waals surface area contributed by atoms with Crippen molar-refractivity contribution in [3.05, 3.63) is 58.4 Å². The van der Waals surface area contributed by atoms with Crippen LogP contribution in [0.3, 0.4) is 0 Å². The van der Waals surface area contributed by atoms with Gasteiger partial charge in [-0.1, -0.05) is 13.8 Å². The zero-order valence-electron chi connectivity index (χ0n) is 15.6. The lowest BCUT2D eigenvalue weighted by Crippen LogP contribution is -2.36. The Labute approximate surface area is 180 Å². The van der Waals surface area contributed by atoms with Gasteiger partial charge in [0.1, 0.15) is 5.01 Å². The van der Waals surface area contributed by atoms with Gasteiger partial charge in [-0.25, -0.2) is 14.6 Å². The minimum absolute atomic E-state index is 0. The summed E-state index contributed by atoms with van der Waals surface area (Å²) in [7, 11) is 1.76. The molecule has 3 rings (SSSR count). The van der Waals surface area contributed by atoms with E-state index in [-0.39, 0.29) is 24.0 Å². The van der Waals surface area contributed by atoms with Gasteiger partial charge in [-0.15, -0.1) is 35.3 Å². The van der Waals surface area contributed by atoms with Gasteiger partial charge in [0.05, 0.1) is 12.2 Å². The highest BCUT2D eigenvalue weighted by Crippen LogP contribution is 2.17. The van der Waals surface area contributed by atoms with Gasteiger partial charge >= 0.3 is 0 Å². The van der Waals surface area contributed by atoms with Crippen LogP contribution in [0.5, 0.6) is 0 Å². The van der Waals surface area contributed by atoms with Crippen LogP contribution < -0.4 is 10.6 Å². The zero-order valence-corrected chi connectivity index (χ0v) is 18.7. The lowest BCUT2D eigenvalue weighted by atomic mass is 10.2. The number of rotatable bonds is 6. The predicted molar refractivity (Wildman–Crippen MR) is 120 cm³/mol. The molecule has 0 aliphatic heterocycles. The van der Waals surface area contributed by atoms with Gasteiger partial charge in [-0.05, 0) is 29.7 Å². The summed E-state index contributed by atoms with van der Waals surface area (Å²) in [4.78, 5) is 13.2. The Bertz CT molecular complexity index is 858. The van der Waals surface area contributed by atoms with Gasteiger partial charge in [0.15, 0.2) is 11.8 Å². The molecule has 3 aromatic rings. The lowest BCUT2D eigenvalue weighted by Gasteiger charge is -2.11. The van der Waals surface area contributed by atoms with Crippen LogP contribution in [0.15, 0.2) is 47.2 Å². The highest BCUT2D eigenvalue weighted by molar-refractivity contribution is 14.0. The summed E-state index contributed by atoms with van der Waals surface area (Å²) in [6.07, 6.45) is 5.40. The summed E-state index contributed by atoms with van der Waals surface area (Å²) in [6, 6.07) is 5.85. The molecule has 0 radical (unpaired) electrons. The van der Waals surface area contributed by atoms with E-state index in [1.54, 1.807) is 35.5 Å². The molecule has 0 saturated heterocycles. The number of hydrogen-bond acceptors (Lipinski definition) is 5. The van der Waals surface area contributed by atoms with Crippen LogP contribution in [-0.2, 0) is 13.1 Å². The second-order valence-corrected chi connectivity index (χ2v) is 7.02. The van der Waals surface area contributed by atoms with Crippen molar-refractivity contribution in [2.45, 2.75) is 32.9 Å². The maximum absolute atomic E-state index is 4.63. The van der Waals surface area contributed by atoms with E-state index in [9.17, 15) is 0 Å². The second kappa shape index (κ2) is 10.4. The Morgan fingerprint density at radius 3 is 2.74 bits per heavy atom. The molecule has 27 heavy (non-hydrogen) atoms. The van der Waals surface area contributed by atoms with Crippen LogP contribution in [0.2, 0.25) is 0 Å². The van der Waals surface area contributed by atoms with Gasteiger partial charge < -0.3 is 10.6 Å². The van der Waals surface area contributed by atoms with E-state index in [2.05, 4.69) is 49.9 Å². The summed E-state index contributed by atoms with van der Waals surface area (Å²) in [5.41, 5.74) is 2.24. The third-order valence-electron chi connectivity index (χ3n) is 3.80. The molecule has 0 aliphatic carbocycles. The molecule has 0 aliphatic rings. The molecule has 0 aromatic carbocycles. The molecule has 0 unspecified atom stereocenters. The topological polar surface area (TPSA) is 80.0 Å². The summed E-state index contributed by atoms with van der Waals surface area (Å²) in [6.45, 7) is 5.61. The minimum atomic E-state index is 0. The first-order chi connectivity index (χ1) is 12.7. The largest absolute Gasteiger partial charge is 0.352 e. The minimum Gasteiger partial charge on any atom is -0.352 e. The fourth-order valence-corrected chi connectivity index (χ4v) is 3.23. The molecule has 7 nitrogen and oxygen atoms in total. The number of nitrogens with zero attached hydrogens (tertiary/aromatic N) is 5. The maximum atomic E-state index is 4.63. The number of pyridine rings is 1. The predicted octanol–water partition coefficient (Wildman–Crippen LogP) is 3.33. The molecule has 2 N–H and O–H groups in total. The smallest absolute Gasteiger partial charge is 0.191 e. The average Bonchev–Trinajstić information content (AvgIpc) is 3.34. The summed E-state index contributed by atoms with van der Waals surface area (Å²) in [5.74, 6) is 1.98. The fraction of sp³-hybridized carbons (Fsp3) is 0.333. The normalized spacial score (nSPS) is 11.3. The number of hydrogen-bond donors (Lipinski definition) is 2. The molecule has 0 amide bonds. The van der Waals surface area contributed by atoms with Crippen LogP contribution in [0.1, 0.15) is 36.0 Å². The molecule has 0 bridgehead atoms. The van der Waals surface area contributed by atoms with Crippen molar-refractivity contribution in [1.29, 1.82) is 0 Å². The molecule has 0 atom stereocenters.